The number of nitrogens with zero attached hydrogens (tertiary/aromatic N) is 1. The molecule has 1 saturated carbocycles. The first-order valence-corrected chi connectivity index (χ1v) is 24.0. The Kier molecular flexibility index (Phi) is 21.1. The minimum Gasteiger partial charge on any atom is -0.460 e. The molecule has 1 aliphatic carbocycles. The molecular weight excluding hydrogens is 819 g/mol. The van der Waals surface area contributed by atoms with E-state index in [2.05, 4.69) is 19.9 Å². The zero-order chi connectivity index (χ0) is 47.3. The van der Waals surface area contributed by atoms with Crippen LogP contribution in [0.3, 0.4) is 0 Å². The Morgan fingerprint density at radius 1 is 0.828 bits per heavy atom. The maximum Gasteiger partial charge on any atom is 0.329 e. The fraction of sp³-hybridized carbons (Fsp3) is 0.765. The van der Waals surface area contributed by atoms with Crippen molar-refractivity contribution in [2.24, 2.45) is 35.5 Å². The highest BCUT2D eigenvalue weighted by Gasteiger charge is 2.53. The second kappa shape index (κ2) is 25.2. The van der Waals surface area contributed by atoms with Gasteiger partial charge in [-0.1, -0.05) is 71.1 Å². The van der Waals surface area contributed by atoms with E-state index in [9.17, 15) is 34.5 Å². The van der Waals surface area contributed by atoms with E-state index >= 15 is 0 Å². The van der Waals surface area contributed by atoms with Crippen molar-refractivity contribution in [2.45, 2.75) is 186 Å². The van der Waals surface area contributed by atoms with Crippen LogP contribution in [-0.2, 0) is 42.9 Å². The molecule has 2 saturated heterocycles. The van der Waals surface area contributed by atoms with Crippen molar-refractivity contribution < 1.29 is 58.2 Å². The van der Waals surface area contributed by atoms with Gasteiger partial charge >= 0.3 is 5.97 Å². The fourth-order valence-electron chi connectivity index (χ4n) is 10.3. The van der Waals surface area contributed by atoms with E-state index in [0.717, 1.165) is 18.4 Å². The van der Waals surface area contributed by atoms with Crippen molar-refractivity contribution in [1.82, 2.24) is 4.90 Å². The summed E-state index contributed by atoms with van der Waals surface area (Å²) in [5, 5.41) is 33.9. The highest BCUT2D eigenvalue weighted by atomic mass is 16.6. The molecule has 64 heavy (non-hydrogen) atoms. The quantitative estimate of drug-likeness (QED) is 0.142. The molecule has 0 aromatic carbocycles. The minimum atomic E-state index is -2.40. The number of amides is 1. The van der Waals surface area contributed by atoms with E-state index in [1.54, 1.807) is 48.2 Å². The molecule has 3 fully saturated rings. The molecule has 3 heterocycles. The van der Waals surface area contributed by atoms with Gasteiger partial charge in [-0.05, 0) is 119 Å². The zero-order valence-corrected chi connectivity index (χ0v) is 40.4. The molecule has 2 unspecified atom stereocenters. The average molecular weight is 900 g/mol. The Hall–Kier alpha value is -3.04. The third-order valence-corrected chi connectivity index (χ3v) is 14.5. The number of hydrogen-bond acceptors (Lipinski definition) is 12. The molecule has 4 aliphatic rings. The summed E-state index contributed by atoms with van der Waals surface area (Å²) in [4.78, 5) is 58.1. The van der Waals surface area contributed by atoms with Gasteiger partial charge in [0, 0.05) is 52.6 Å². The Bertz CT molecular complexity index is 1670. The summed E-state index contributed by atoms with van der Waals surface area (Å²) in [6.07, 6.45) is 14.3. The van der Waals surface area contributed by atoms with Crippen molar-refractivity contribution in [2.75, 3.05) is 27.9 Å². The van der Waals surface area contributed by atoms with Crippen molar-refractivity contribution >= 4 is 23.4 Å². The standard InChI is InChI=1S/C51H81NO12/c1-31-16-12-11-13-17-33(3)43(60-8)29-39-21-19-37(7)51(59,64-39)48(56)49(57)52-23-15-14-18-40(52)50(58)63-44(35(5)27-38-20-22-41(53)45(28-38)61-9)30-42(54)34(4)26-36(6)47(55)46(62-10)25-32(2)24-31/h11-13,16-17,26,31-32,34-35,37-41,43-47,53,55,59H,14-15,18-25,27-30H2,1-10H3/b13-11+,16-12+,33-17+,36-26+/t31-,32-,34-,35-,37-,38?,39+,40?,41-,43+,44+,45-,46+,47-,51-/m1/s1. The number of methoxy groups -OCH3 is 3. The average Bonchev–Trinajstić information content (AvgIpc) is 3.27. The molecule has 3 aliphatic heterocycles. The number of allylic oxidation sites excluding steroid dienone is 6. The summed E-state index contributed by atoms with van der Waals surface area (Å²) in [6.45, 7) is 13.6. The van der Waals surface area contributed by atoms with Gasteiger partial charge in [-0.15, -0.1) is 0 Å². The SMILES string of the molecule is CO[C@H]1C[C@@H]2CC[C@@H](C)[C@@](O)(O2)C(=O)C(=O)N2CCCCC2C(=O)O[C@H]([C@H](C)CC2CC[C@@H](O)[C@H](OC)C2)CC(=O)[C@H](C)/C=C(\C)[C@@H](O)[C@@H](OC)C[C@H](C)C[C@H](C)/C=C/C=C/C=C/1C. The topological polar surface area (TPSA) is 178 Å². The molecule has 15 atom stereocenters. The maximum atomic E-state index is 14.4. The first-order chi connectivity index (χ1) is 30.3. The molecule has 2 bridgehead atoms. The number of fused-ring (bicyclic) bond motifs is 3. The van der Waals surface area contributed by atoms with Gasteiger partial charge in [0.05, 0.1) is 30.5 Å². The van der Waals surface area contributed by atoms with E-state index in [4.69, 9.17) is 23.7 Å². The summed E-state index contributed by atoms with van der Waals surface area (Å²) in [5.41, 5.74) is 1.54. The molecule has 13 nitrogen and oxygen atoms in total. The molecule has 362 valence electrons. The van der Waals surface area contributed by atoms with Crippen molar-refractivity contribution in [3.63, 3.8) is 0 Å². The summed E-state index contributed by atoms with van der Waals surface area (Å²) < 4.78 is 29.7. The van der Waals surface area contributed by atoms with Crippen LogP contribution in [0.5, 0.6) is 0 Å². The number of aliphatic hydroxyl groups excluding tert-OH is 2. The third kappa shape index (κ3) is 14.5. The van der Waals surface area contributed by atoms with E-state index < -0.39 is 71.8 Å². The van der Waals surface area contributed by atoms with Crippen LogP contribution in [0.15, 0.2) is 47.6 Å². The first kappa shape index (κ1) is 53.6. The Balaban J connectivity index is 1.68. The fourth-order valence-corrected chi connectivity index (χ4v) is 10.3. The molecule has 3 N–H and O–H groups in total. The molecule has 0 aromatic rings. The Labute approximate surface area is 383 Å². The van der Waals surface area contributed by atoms with Crippen LogP contribution in [0.25, 0.3) is 0 Å². The van der Waals surface area contributed by atoms with Crippen molar-refractivity contribution in [3.8, 4) is 0 Å². The van der Waals surface area contributed by atoms with Crippen LogP contribution in [0, 0.1) is 35.5 Å². The third-order valence-electron chi connectivity index (χ3n) is 14.5. The smallest absolute Gasteiger partial charge is 0.329 e. The molecule has 0 aromatic heterocycles. The van der Waals surface area contributed by atoms with Crippen LogP contribution in [0.2, 0.25) is 0 Å². The van der Waals surface area contributed by atoms with Crippen LogP contribution in [-0.4, -0.2) is 126 Å². The lowest BCUT2D eigenvalue weighted by atomic mass is 9.78. The minimum absolute atomic E-state index is 0.106. The monoisotopic (exact) mass is 900 g/mol. The number of esters is 1. The van der Waals surface area contributed by atoms with Gasteiger partial charge in [0.2, 0.25) is 5.79 Å². The Morgan fingerprint density at radius 3 is 2.23 bits per heavy atom. The van der Waals surface area contributed by atoms with E-state index in [1.165, 1.54) is 4.90 Å². The summed E-state index contributed by atoms with van der Waals surface area (Å²) in [6, 6.07) is -1.10. The molecule has 0 radical (unpaired) electrons. The van der Waals surface area contributed by atoms with Gasteiger partial charge in [-0.25, -0.2) is 4.79 Å². The predicted molar refractivity (Wildman–Crippen MR) is 245 cm³/mol. The predicted octanol–water partition coefficient (Wildman–Crippen LogP) is 7.00. The summed E-state index contributed by atoms with van der Waals surface area (Å²) >= 11 is 0. The molecular formula is C51H81NO12. The van der Waals surface area contributed by atoms with E-state index in [1.807, 2.05) is 38.2 Å². The number of ether oxygens (including phenoxy) is 5. The van der Waals surface area contributed by atoms with Gasteiger partial charge in [-0.3, -0.25) is 14.4 Å². The number of Topliss-reactive ketones (excluding diaryl/α,β-unsaturated/α-hetero) is 2. The number of aliphatic hydroxyl groups is 3. The van der Waals surface area contributed by atoms with Crippen molar-refractivity contribution in [3.05, 3.63) is 47.6 Å². The van der Waals surface area contributed by atoms with E-state index in [-0.39, 0.29) is 61.0 Å². The van der Waals surface area contributed by atoms with Gasteiger partial charge in [0.15, 0.2) is 0 Å². The lowest BCUT2D eigenvalue weighted by molar-refractivity contribution is -0.265. The van der Waals surface area contributed by atoms with Crippen LogP contribution in [0.4, 0.5) is 0 Å². The Morgan fingerprint density at radius 2 is 1.55 bits per heavy atom. The largest absolute Gasteiger partial charge is 0.460 e. The van der Waals surface area contributed by atoms with Gasteiger partial charge in [-0.2, -0.15) is 0 Å². The molecule has 1 amide bonds. The van der Waals surface area contributed by atoms with Gasteiger partial charge < -0.3 is 43.9 Å². The van der Waals surface area contributed by atoms with Gasteiger partial charge in [0.25, 0.3) is 11.7 Å². The number of carbonyl (C=O) groups is 4. The summed E-state index contributed by atoms with van der Waals surface area (Å²) in [5.74, 6) is -6.38. The van der Waals surface area contributed by atoms with Crippen LogP contribution < -0.4 is 0 Å². The second-order valence-corrected chi connectivity index (χ2v) is 19.7. The second-order valence-electron chi connectivity index (χ2n) is 19.7. The number of rotatable bonds is 6. The molecule has 4 rings (SSSR count). The van der Waals surface area contributed by atoms with E-state index in [0.29, 0.717) is 63.4 Å². The molecule has 13 heteroatoms. The highest BCUT2D eigenvalue weighted by molar-refractivity contribution is 6.39. The lowest BCUT2D eigenvalue weighted by Gasteiger charge is -2.42. The van der Waals surface area contributed by atoms with Crippen molar-refractivity contribution in [1.29, 1.82) is 0 Å². The van der Waals surface area contributed by atoms with Crippen LogP contribution in [0.1, 0.15) is 132 Å². The highest BCUT2D eigenvalue weighted by Crippen LogP contribution is 2.38. The number of carbonyl (C=O) groups excluding carboxylic acids is 4. The lowest BCUT2D eigenvalue weighted by Crippen LogP contribution is -2.61. The van der Waals surface area contributed by atoms with Crippen LogP contribution >= 0.6 is 0 Å². The number of hydrogen-bond donors (Lipinski definition) is 3. The number of ketones is 2. The summed E-state index contributed by atoms with van der Waals surface area (Å²) in [7, 11) is 4.78. The van der Waals surface area contributed by atoms with Gasteiger partial charge in [0.1, 0.15) is 24.0 Å². The normalized spacial score (nSPS) is 40.8. The molecule has 0 spiro atoms. The number of piperidine rings is 1. The maximum absolute atomic E-state index is 14.4. The number of cyclic esters (lactones) is 1. The first-order valence-electron chi connectivity index (χ1n) is 24.0. The zero-order valence-electron chi connectivity index (χ0n) is 40.4.